The van der Waals surface area contributed by atoms with E-state index in [-0.39, 0.29) is 17.2 Å². The van der Waals surface area contributed by atoms with Crippen LogP contribution < -0.4 is 9.47 Å². The lowest BCUT2D eigenvalue weighted by atomic mass is 10.2. The maximum Gasteiger partial charge on any atom is 0.436 e. The molecule has 0 N–H and O–H groups in total. The van der Waals surface area contributed by atoms with E-state index in [4.69, 9.17) is 9.47 Å². The van der Waals surface area contributed by atoms with Gasteiger partial charge in [-0.2, -0.15) is 13.2 Å². The third kappa shape index (κ3) is 3.65. The molecule has 6 nitrogen and oxygen atoms in total. The SMILES string of the molecule is COc1ccc(Oc2cnc(C(F)(F)F)c(F)c2)cc1[N+](=O)[O-]. The second kappa shape index (κ2) is 6.07. The third-order valence-electron chi connectivity index (χ3n) is 2.67. The molecule has 122 valence electrons. The first-order chi connectivity index (χ1) is 10.7. The summed E-state index contributed by atoms with van der Waals surface area (Å²) >= 11 is 0. The van der Waals surface area contributed by atoms with Gasteiger partial charge in [-0.05, 0) is 12.1 Å². The number of nitro benzene ring substituents is 1. The van der Waals surface area contributed by atoms with Crippen molar-refractivity contribution in [3.8, 4) is 17.2 Å². The molecule has 23 heavy (non-hydrogen) atoms. The predicted molar refractivity (Wildman–Crippen MR) is 68.9 cm³/mol. The molecular formula is C13H8F4N2O4. The lowest BCUT2D eigenvalue weighted by Crippen LogP contribution is -2.10. The fourth-order valence-corrected chi connectivity index (χ4v) is 1.70. The van der Waals surface area contributed by atoms with E-state index >= 15 is 0 Å². The van der Waals surface area contributed by atoms with Crippen LogP contribution in [0.5, 0.6) is 17.2 Å². The molecule has 1 heterocycles. The van der Waals surface area contributed by atoms with Crippen LogP contribution in [0.2, 0.25) is 0 Å². The van der Waals surface area contributed by atoms with Crippen molar-refractivity contribution in [2.75, 3.05) is 7.11 Å². The van der Waals surface area contributed by atoms with Gasteiger partial charge in [0.05, 0.1) is 24.3 Å². The van der Waals surface area contributed by atoms with Crippen LogP contribution in [-0.4, -0.2) is 17.0 Å². The molecule has 0 fully saturated rings. The summed E-state index contributed by atoms with van der Waals surface area (Å²) in [6.07, 6.45) is -4.26. The quantitative estimate of drug-likeness (QED) is 0.481. The number of hydrogen-bond acceptors (Lipinski definition) is 5. The molecule has 0 saturated carbocycles. The number of nitrogens with zero attached hydrogens (tertiary/aromatic N) is 2. The van der Waals surface area contributed by atoms with Gasteiger partial charge in [0.1, 0.15) is 11.5 Å². The Morgan fingerprint density at radius 3 is 2.43 bits per heavy atom. The average Bonchev–Trinajstić information content (AvgIpc) is 2.45. The number of methoxy groups -OCH3 is 1. The molecule has 0 spiro atoms. The second-order valence-corrected chi connectivity index (χ2v) is 4.19. The monoisotopic (exact) mass is 332 g/mol. The summed E-state index contributed by atoms with van der Waals surface area (Å²) in [5.74, 6) is -2.06. The highest BCUT2D eigenvalue weighted by atomic mass is 19.4. The van der Waals surface area contributed by atoms with Crippen LogP contribution in [0.15, 0.2) is 30.5 Å². The summed E-state index contributed by atoms with van der Waals surface area (Å²) in [6.45, 7) is 0. The first kappa shape index (κ1) is 16.5. The topological polar surface area (TPSA) is 74.5 Å². The molecule has 0 aliphatic heterocycles. The van der Waals surface area contributed by atoms with Crippen LogP contribution in [0, 0.1) is 15.9 Å². The zero-order chi connectivity index (χ0) is 17.2. The van der Waals surface area contributed by atoms with Gasteiger partial charge in [-0.25, -0.2) is 9.37 Å². The van der Waals surface area contributed by atoms with Crippen molar-refractivity contribution in [3.63, 3.8) is 0 Å². The van der Waals surface area contributed by atoms with E-state index in [1.807, 2.05) is 0 Å². The Kier molecular flexibility index (Phi) is 4.34. The van der Waals surface area contributed by atoms with E-state index < -0.39 is 28.3 Å². The normalized spacial score (nSPS) is 11.2. The molecule has 0 bridgehead atoms. The molecule has 10 heteroatoms. The minimum Gasteiger partial charge on any atom is -0.490 e. The maximum atomic E-state index is 13.4. The van der Waals surface area contributed by atoms with E-state index in [0.29, 0.717) is 12.3 Å². The molecule has 0 radical (unpaired) electrons. The highest BCUT2D eigenvalue weighted by Crippen LogP contribution is 2.34. The molecule has 0 aliphatic rings. The van der Waals surface area contributed by atoms with Gasteiger partial charge in [-0.1, -0.05) is 0 Å². The van der Waals surface area contributed by atoms with Crippen LogP contribution >= 0.6 is 0 Å². The molecule has 0 atom stereocenters. The molecule has 0 amide bonds. The van der Waals surface area contributed by atoms with Crippen molar-refractivity contribution >= 4 is 5.69 Å². The van der Waals surface area contributed by atoms with Gasteiger partial charge >= 0.3 is 11.9 Å². The summed E-state index contributed by atoms with van der Waals surface area (Å²) in [5, 5.41) is 10.9. The summed E-state index contributed by atoms with van der Waals surface area (Å²) in [7, 11) is 1.23. The fourth-order valence-electron chi connectivity index (χ4n) is 1.70. The second-order valence-electron chi connectivity index (χ2n) is 4.19. The highest BCUT2D eigenvalue weighted by Gasteiger charge is 2.36. The number of aromatic nitrogens is 1. The van der Waals surface area contributed by atoms with Gasteiger partial charge in [0.15, 0.2) is 17.3 Å². The fraction of sp³-hybridized carbons (Fsp3) is 0.154. The molecule has 0 unspecified atom stereocenters. The van der Waals surface area contributed by atoms with Crippen LogP contribution in [0.4, 0.5) is 23.2 Å². The van der Waals surface area contributed by atoms with Crippen molar-refractivity contribution < 1.29 is 32.0 Å². The smallest absolute Gasteiger partial charge is 0.436 e. The van der Waals surface area contributed by atoms with Crippen molar-refractivity contribution in [1.29, 1.82) is 0 Å². The molecule has 0 aliphatic carbocycles. The van der Waals surface area contributed by atoms with Crippen molar-refractivity contribution in [3.05, 3.63) is 52.1 Å². The number of nitro groups is 1. The van der Waals surface area contributed by atoms with E-state index in [1.54, 1.807) is 0 Å². The minimum atomic E-state index is -4.93. The Balaban J connectivity index is 2.31. The number of hydrogen-bond donors (Lipinski definition) is 0. The number of halogens is 4. The summed E-state index contributed by atoms with van der Waals surface area (Å²) < 4.78 is 60.5. The number of ether oxygens (including phenoxy) is 2. The van der Waals surface area contributed by atoms with Crippen LogP contribution in [0.25, 0.3) is 0 Å². The standard InChI is InChI=1S/C13H8F4N2O4/c1-22-11-3-2-7(5-10(11)19(20)21)23-8-4-9(14)12(18-6-8)13(15,16)17/h2-6H,1H3. The van der Waals surface area contributed by atoms with Crippen molar-refractivity contribution in [2.24, 2.45) is 0 Å². The zero-order valence-corrected chi connectivity index (χ0v) is 11.4. The maximum absolute atomic E-state index is 13.4. The van der Waals surface area contributed by atoms with E-state index in [2.05, 4.69) is 4.98 Å². The number of benzene rings is 1. The summed E-state index contributed by atoms with van der Waals surface area (Å²) in [6, 6.07) is 4.00. The lowest BCUT2D eigenvalue weighted by molar-refractivity contribution is -0.385. The summed E-state index contributed by atoms with van der Waals surface area (Å²) in [5.41, 5.74) is -2.09. The van der Waals surface area contributed by atoms with Gasteiger partial charge in [-0.15, -0.1) is 0 Å². The molecule has 1 aromatic heterocycles. The molecular weight excluding hydrogens is 324 g/mol. The lowest BCUT2D eigenvalue weighted by Gasteiger charge is -2.10. The first-order valence-corrected chi connectivity index (χ1v) is 5.95. The number of rotatable bonds is 4. The van der Waals surface area contributed by atoms with Gasteiger partial charge < -0.3 is 9.47 Å². The largest absolute Gasteiger partial charge is 0.490 e. The first-order valence-electron chi connectivity index (χ1n) is 5.95. The molecule has 2 aromatic rings. The molecule has 2 rings (SSSR count). The van der Waals surface area contributed by atoms with E-state index in [9.17, 15) is 27.7 Å². The van der Waals surface area contributed by atoms with Gasteiger partial charge in [0.2, 0.25) is 0 Å². The van der Waals surface area contributed by atoms with E-state index in [1.165, 1.54) is 19.2 Å². The van der Waals surface area contributed by atoms with Crippen molar-refractivity contribution in [1.82, 2.24) is 4.98 Å². The Morgan fingerprint density at radius 2 is 1.91 bits per heavy atom. The van der Waals surface area contributed by atoms with Gasteiger partial charge in [0, 0.05) is 6.07 Å². The van der Waals surface area contributed by atoms with Crippen LogP contribution in [-0.2, 0) is 6.18 Å². The Morgan fingerprint density at radius 1 is 1.22 bits per heavy atom. The molecule has 1 aromatic carbocycles. The van der Waals surface area contributed by atoms with Gasteiger partial charge in [0.25, 0.3) is 0 Å². The van der Waals surface area contributed by atoms with E-state index in [0.717, 1.165) is 6.07 Å². The Hall–Kier alpha value is -2.91. The zero-order valence-electron chi connectivity index (χ0n) is 11.4. The summed E-state index contributed by atoms with van der Waals surface area (Å²) in [4.78, 5) is 13.1. The van der Waals surface area contributed by atoms with Gasteiger partial charge in [-0.3, -0.25) is 10.1 Å². The minimum absolute atomic E-state index is 0.0286. The van der Waals surface area contributed by atoms with Crippen molar-refractivity contribution in [2.45, 2.75) is 6.18 Å². The predicted octanol–water partition coefficient (Wildman–Crippen LogP) is 3.95. The average molecular weight is 332 g/mol. The van der Waals surface area contributed by atoms with Crippen LogP contribution in [0.1, 0.15) is 5.69 Å². The van der Waals surface area contributed by atoms with Crippen LogP contribution in [0.3, 0.4) is 0 Å². The molecule has 0 saturated heterocycles. The Bertz CT molecular complexity index is 749. The number of pyridine rings is 1. The Labute approximate surface area is 126 Å². The highest BCUT2D eigenvalue weighted by molar-refractivity contribution is 5.51. The third-order valence-corrected chi connectivity index (χ3v) is 2.67. The number of alkyl halides is 3.